The van der Waals surface area contributed by atoms with E-state index in [9.17, 15) is 0 Å². The van der Waals surface area contributed by atoms with Crippen LogP contribution in [-0.2, 0) is 0 Å². The van der Waals surface area contributed by atoms with Gasteiger partial charge in [-0.25, -0.2) is 17.6 Å². The Hall–Kier alpha value is -8.86. The molecule has 0 nitrogen and oxygen atoms in total. The van der Waals surface area contributed by atoms with E-state index in [1.54, 1.807) is 6.07 Å². The second-order valence-electron chi connectivity index (χ2n) is 17.6. The van der Waals surface area contributed by atoms with Crippen molar-refractivity contribution in [1.29, 1.82) is 0 Å². The van der Waals surface area contributed by atoms with Crippen molar-refractivity contribution < 1.29 is 17.6 Å². The van der Waals surface area contributed by atoms with E-state index in [0.717, 1.165) is 94.4 Å². The van der Waals surface area contributed by atoms with Gasteiger partial charge in [-0.15, -0.1) is 0 Å². The van der Waals surface area contributed by atoms with E-state index >= 15 is 17.6 Å². The van der Waals surface area contributed by atoms with Gasteiger partial charge in [0, 0.05) is 17.2 Å². The average molecular weight is 909 g/mol. The van der Waals surface area contributed by atoms with Gasteiger partial charge in [-0.2, -0.15) is 0 Å². The first-order valence-corrected chi connectivity index (χ1v) is 23.2. The first-order valence-electron chi connectivity index (χ1n) is 23.2. The average Bonchev–Trinajstić information content (AvgIpc) is 3.41. The van der Waals surface area contributed by atoms with Crippen molar-refractivity contribution in [2.75, 3.05) is 0 Å². The van der Waals surface area contributed by atoms with Gasteiger partial charge in [0.05, 0.1) is 0 Å². The summed E-state index contributed by atoms with van der Waals surface area (Å²) in [6, 6.07) is 77.6. The molecule has 4 heteroatoms. The number of halogens is 4. The fraction of sp³-hybridized carbons (Fsp3) is 0. The Labute approximate surface area is 403 Å². The fourth-order valence-corrected chi connectivity index (χ4v) is 10.3. The summed E-state index contributed by atoms with van der Waals surface area (Å²) in [6.07, 6.45) is 0. The molecule has 0 unspecified atom stereocenters. The zero-order valence-electron chi connectivity index (χ0n) is 37.6. The van der Waals surface area contributed by atoms with Crippen molar-refractivity contribution in [1.82, 2.24) is 0 Å². The summed E-state index contributed by atoms with van der Waals surface area (Å²) >= 11 is 0. The first-order chi connectivity index (χ1) is 34.4. The van der Waals surface area contributed by atoms with Crippen LogP contribution in [0.1, 0.15) is 0 Å². The molecular weight excluding hydrogens is 869 g/mol. The SMILES string of the molecule is Fc1ccc(-c2c3cc(-c4ccccc4)ccc3c(-c3ccc(-c4ccccc4)cc3)c3c(-c4ccc(F)c(F)c4)c4cc(-c5ccccc5)ccc4c(-c4ccc(-c5ccccc5)cc4)c23)c(F)c1. The highest BCUT2D eigenvalue weighted by atomic mass is 19.2. The van der Waals surface area contributed by atoms with Crippen LogP contribution in [0.3, 0.4) is 0 Å². The lowest BCUT2D eigenvalue weighted by Gasteiger charge is -2.26. The van der Waals surface area contributed by atoms with E-state index in [1.165, 1.54) is 24.3 Å². The van der Waals surface area contributed by atoms with Crippen LogP contribution < -0.4 is 0 Å². The summed E-state index contributed by atoms with van der Waals surface area (Å²) in [7, 11) is 0. The molecule has 0 aliphatic heterocycles. The molecule has 0 aromatic heterocycles. The molecule has 0 fully saturated rings. The third kappa shape index (κ3) is 7.51. The Balaban J connectivity index is 1.34. The molecule has 0 spiro atoms. The Morgan fingerprint density at radius 1 is 0.200 bits per heavy atom. The highest BCUT2D eigenvalue weighted by Crippen LogP contribution is 2.55. The molecule has 12 aromatic rings. The van der Waals surface area contributed by atoms with E-state index in [4.69, 9.17) is 0 Å². The highest BCUT2D eigenvalue weighted by Gasteiger charge is 2.28. The van der Waals surface area contributed by atoms with Gasteiger partial charge in [0.2, 0.25) is 0 Å². The molecule has 0 saturated carbocycles. The second-order valence-corrected chi connectivity index (χ2v) is 17.6. The summed E-state index contributed by atoms with van der Waals surface area (Å²) in [5, 5.41) is 4.52. The van der Waals surface area contributed by atoms with E-state index in [2.05, 4.69) is 121 Å². The van der Waals surface area contributed by atoms with E-state index in [-0.39, 0.29) is 5.56 Å². The minimum Gasteiger partial charge on any atom is -0.207 e. The van der Waals surface area contributed by atoms with Crippen molar-refractivity contribution in [3.8, 4) is 89.0 Å². The van der Waals surface area contributed by atoms with Gasteiger partial charge in [0.1, 0.15) is 11.6 Å². The third-order valence-corrected chi connectivity index (χ3v) is 13.6. The largest absolute Gasteiger partial charge is 0.207 e. The minimum absolute atomic E-state index is 0.200. The number of hydrogen-bond donors (Lipinski definition) is 0. The minimum atomic E-state index is -0.995. The van der Waals surface area contributed by atoms with Crippen molar-refractivity contribution in [3.63, 3.8) is 0 Å². The zero-order chi connectivity index (χ0) is 47.3. The maximum absolute atomic E-state index is 17.2. The topological polar surface area (TPSA) is 0 Å². The third-order valence-electron chi connectivity index (χ3n) is 13.6. The predicted octanol–water partition coefficient (Wildman–Crippen LogP) is 19.0. The molecule has 0 N–H and O–H groups in total. The monoisotopic (exact) mass is 908 g/mol. The number of fused-ring (bicyclic) bond motifs is 3. The van der Waals surface area contributed by atoms with Gasteiger partial charge < -0.3 is 0 Å². The summed E-state index contributed by atoms with van der Waals surface area (Å²) in [5.74, 6) is -3.40. The first kappa shape index (κ1) is 42.5. The molecule has 0 aliphatic rings. The Bertz CT molecular complexity index is 3920. The van der Waals surface area contributed by atoms with E-state index in [0.29, 0.717) is 27.5 Å². The number of hydrogen-bond acceptors (Lipinski definition) is 0. The van der Waals surface area contributed by atoms with Crippen molar-refractivity contribution in [3.05, 3.63) is 266 Å². The molecule has 0 amide bonds. The summed E-state index contributed by atoms with van der Waals surface area (Å²) < 4.78 is 63.5. The molecular formula is C66H40F4. The van der Waals surface area contributed by atoms with Gasteiger partial charge in [-0.3, -0.25) is 0 Å². The van der Waals surface area contributed by atoms with Crippen molar-refractivity contribution in [2.24, 2.45) is 0 Å². The van der Waals surface area contributed by atoms with E-state index < -0.39 is 23.3 Å². The highest BCUT2D eigenvalue weighted by molar-refractivity contribution is 6.34. The lowest BCUT2D eigenvalue weighted by atomic mass is 9.76. The number of benzene rings is 12. The molecule has 332 valence electrons. The van der Waals surface area contributed by atoms with Crippen molar-refractivity contribution >= 4 is 32.3 Å². The summed E-state index contributed by atoms with van der Waals surface area (Å²) in [6.45, 7) is 0. The van der Waals surface area contributed by atoms with Gasteiger partial charge >= 0.3 is 0 Å². The maximum Gasteiger partial charge on any atom is 0.159 e. The van der Waals surface area contributed by atoms with Gasteiger partial charge in [0.15, 0.2) is 11.6 Å². The molecule has 12 rings (SSSR count). The Morgan fingerprint density at radius 3 is 1.00 bits per heavy atom. The van der Waals surface area contributed by atoms with Crippen LogP contribution in [0.2, 0.25) is 0 Å². The summed E-state index contributed by atoms with van der Waals surface area (Å²) in [4.78, 5) is 0. The molecule has 12 aromatic carbocycles. The van der Waals surface area contributed by atoms with Crippen LogP contribution in [0.25, 0.3) is 121 Å². The molecule has 0 radical (unpaired) electrons. The smallest absolute Gasteiger partial charge is 0.159 e. The lowest BCUT2D eigenvalue weighted by molar-refractivity contribution is 0.509. The second kappa shape index (κ2) is 17.7. The van der Waals surface area contributed by atoms with Crippen LogP contribution in [0.4, 0.5) is 17.6 Å². The normalized spacial score (nSPS) is 11.4. The van der Waals surface area contributed by atoms with Crippen LogP contribution >= 0.6 is 0 Å². The van der Waals surface area contributed by atoms with E-state index in [1.807, 2.05) is 84.9 Å². The Kier molecular flexibility index (Phi) is 10.7. The van der Waals surface area contributed by atoms with Crippen molar-refractivity contribution in [2.45, 2.75) is 0 Å². The fourth-order valence-electron chi connectivity index (χ4n) is 10.3. The maximum atomic E-state index is 17.2. The number of rotatable bonds is 8. The molecule has 0 bridgehead atoms. The zero-order valence-corrected chi connectivity index (χ0v) is 37.6. The molecule has 70 heavy (non-hydrogen) atoms. The van der Waals surface area contributed by atoms with Crippen LogP contribution in [0.5, 0.6) is 0 Å². The van der Waals surface area contributed by atoms with Gasteiger partial charge in [-0.05, 0) is 147 Å². The van der Waals surface area contributed by atoms with Gasteiger partial charge in [0.25, 0.3) is 0 Å². The molecule has 0 atom stereocenters. The van der Waals surface area contributed by atoms with Crippen LogP contribution in [0, 0.1) is 23.3 Å². The quantitative estimate of drug-likeness (QED) is 0.105. The Morgan fingerprint density at radius 2 is 0.557 bits per heavy atom. The lowest BCUT2D eigenvalue weighted by Crippen LogP contribution is -2.00. The predicted molar refractivity (Wildman–Crippen MR) is 282 cm³/mol. The molecule has 0 saturated heterocycles. The summed E-state index contributed by atoms with van der Waals surface area (Å²) in [5.41, 5.74) is 13.1. The molecule has 0 aliphatic carbocycles. The molecule has 0 heterocycles. The van der Waals surface area contributed by atoms with Gasteiger partial charge in [-0.1, -0.05) is 200 Å². The standard InChI is InChI=1S/C66H40F4/c67-52-32-35-55(59(69)40-52)64-57-38-50(44-19-11-4-12-20-44)30-34-54(57)61(47-25-21-45(22-26-47)41-13-5-1-6-14-41)65-63(51-31-36-58(68)60(70)39-51)56-37-49(43-17-9-3-10-18-43)29-33-53(56)62(66(64)65)48-27-23-46(24-28-48)42-15-7-2-8-16-42/h1-40H. The van der Waals surface area contributed by atoms with Crippen LogP contribution in [0.15, 0.2) is 243 Å². The van der Waals surface area contributed by atoms with Crippen LogP contribution in [-0.4, -0.2) is 0 Å².